The molecule has 0 saturated heterocycles. The van der Waals surface area contributed by atoms with Gasteiger partial charge in [0.15, 0.2) is 11.2 Å². The smallest absolute Gasteiger partial charge is 0.340 e. The highest BCUT2D eigenvalue weighted by Crippen LogP contribution is 2.55. The van der Waals surface area contributed by atoms with Crippen molar-refractivity contribution in [3.8, 4) is 34.5 Å². The van der Waals surface area contributed by atoms with Gasteiger partial charge in [0.05, 0.1) is 22.3 Å². The van der Waals surface area contributed by atoms with Gasteiger partial charge in [-0.3, -0.25) is 0 Å². The van der Waals surface area contributed by atoms with Crippen molar-refractivity contribution in [1.82, 2.24) is 0 Å². The molecule has 0 aliphatic carbocycles. The van der Waals surface area contributed by atoms with E-state index in [1.54, 1.807) is 84.9 Å². The van der Waals surface area contributed by atoms with Crippen LogP contribution in [-0.2, 0) is 20.7 Å². The van der Waals surface area contributed by atoms with Crippen LogP contribution in [0.1, 0.15) is 54.1 Å². The van der Waals surface area contributed by atoms with Gasteiger partial charge in [0.1, 0.15) is 34.5 Å². The molecule has 0 atom stereocenters. The van der Waals surface area contributed by atoms with Gasteiger partial charge in [-0.25, -0.2) is 9.59 Å². The van der Waals surface area contributed by atoms with Crippen LogP contribution in [0, 0.1) is 0 Å². The van der Waals surface area contributed by atoms with Crippen molar-refractivity contribution < 1.29 is 44.2 Å². The number of phenolic OH excluding ortho intramolecular Hbond substituents is 4. The zero-order chi connectivity index (χ0) is 33.9. The molecule has 4 N–H and O–H groups in total. The van der Waals surface area contributed by atoms with Gasteiger partial charge in [-0.05, 0) is 72.8 Å². The number of cyclic esters (lactones) is 2. The molecule has 8 rings (SSSR count). The maximum Gasteiger partial charge on any atom is 0.340 e. The number of carbonyl (C=O) groups excluding carboxylic acids is 2. The van der Waals surface area contributed by atoms with E-state index >= 15 is 0 Å². The highest BCUT2D eigenvalue weighted by molar-refractivity contribution is 5.99. The summed E-state index contributed by atoms with van der Waals surface area (Å²) in [7, 11) is 0. The van der Waals surface area contributed by atoms with Gasteiger partial charge in [-0.2, -0.15) is 0 Å². The summed E-state index contributed by atoms with van der Waals surface area (Å²) in [6.45, 7) is 0. The molecule has 2 aliphatic rings. The van der Waals surface area contributed by atoms with Gasteiger partial charge >= 0.3 is 11.9 Å². The van der Waals surface area contributed by atoms with Crippen LogP contribution >= 0.6 is 0 Å². The second-order valence-corrected chi connectivity index (χ2v) is 11.8. The SMILES string of the molecule is O=C1OC(c2ccc(O)cc2)(c2ccc(O)cc2)c2c(Oc3cccc4c3C(c3ccc(O)cc3)(c3ccc(O)cc3)OC4=O)cccc21. The molecule has 6 aromatic rings. The standard InChI is InChI=1S/C40H26O9/c41-27-15-7-23(8-16-27)39(24-9-17-28(42)18-10-24)35-31(37(45)48-39)3-1-5-33(35)47-34-6-2-4-32-36(34)40(49-38(32)46,25-11-19-29(43)20-12-25)26-13-21-30(44)22-14-26/h1-22,41-44H. The maximum absolute atomic E-state index is 13.6. The Morgan fingerprint density at radius 1 is 0.408 bits per heavy atom. The molecule has 0 fully saturated rings. The van der Waals surface area contributed by atoms with E-state index in [-0.39, 0.29) is 45.6 Å². The first kappa shape index (κ1) is 29.6. The predicted molar refractivity (Wildman–Crippen MR) is 176 cm³/mol. The fraction of sp³-hybridized carbons (Fsp3) is 0.0500. The number of esters is 2. The molecule has 0 radical (unpaired) electrons. The summed E-state index contributed by atoms with van der Waals surface area (Å²) in [5, 5.41) is 40.5. The minimum absolute atomic E-state index is 0.0167. The van der Waals surface area contributed by atoms with E-state index in [4.69, 9.17) is 14.2 Å². The summed E-state index contributed by atoms with van der Waals surface area (Å²) in [6, 6.07) is 35.1. The molecule has 0 bridgehead atoms. The number of hydrogen-bond acceptors (Lipinski definition) is 9. The second kappa shape index (κ2) is 10.9. The molecule has 240 valence electrons. The summed E-state index contributed by atoms with van der Waals surface area (Å²) >= 11 is 0. The van der Waals surface area contributed by atoms with Crippen molar-refractivity contribution >= 4 is 11.9 Å². The van der Waals surface area contributed by atoms with E-state index < -0.39 is 23.1 Å². The van der Waals surface area contributed by atoms with Gasteiger partial charge in [0.2, 0.25) is 0 Å². The van der Waals surface area contributed by atoms with E-state index in [0.29, 0.717) is 33.4 Å². The molecule has 0 unspecified atom stereocenters. The molecule has 2 heterocycles. The summed E-state index contributed by atoms with van der Waals surface area (Å²) in [5.74, 6) is -0.677. The van der Waals surface area contributed by atoms with E-state index in [9.17, 15) is 30.0 Å². The van der Waals surface area contributed by atoms with Gasteiger partial charge in [0.25, 0.3) is 0 Å². The molecule has 0 aromatic heterocycles. The van der Waals surface area contributed by atoms with E-state index in [1.807, 2.05) is 0 Å². The van der Waals surface area contributed by atoms with Gasteiger partial charge in [-0.15, -0.1) is 0 Å². The number of hydrogen-bond donors (Lipinski definition) is 4. The van der Waals surface area contributed by atoms with Crippen LogP contribution in [0.25, 0.3) is 0 Å². The quantitative estimate of drug-likeness (QED) is 0.137. The largest absolute Gasteiger partial charge is 0.508 e. The summed E-state index contributed by atoms with van der Waals surface area (Å²) in [4.78, 5) is 27.3. The predicted octanol–water partition coefficient (Wildman–Crippen LogP) is 7.23. The number of aromatic hydroxyl groups is 4. The molecule has 0 amide bonds. The Labute approximate surface area is 279 Å². The summed E-state index contributed by atoms with van der Waals surface area (Å²) in [5.41, 5.74) is 0.162. The topological polar surface area (TPSA) is 143 Å². The lowest BCUT2D eigenvalue weighted by Gasteiger charge is -2.33. The van der Waals surface area contributed by atoms with Crippen molar-refractivity contribution in [2.24, 2.45) is 0 Å². The minimum Gasteiger partial charge on any atom is -0.508 e. The molecular weight excluding hydrogens is 624 g/mol. The number of benzene rings is 6. The maximum atomic E-state index is 13.6. The Morgan fingerprint density at radius 3 is 0.980 bits per heavy atom. The molecule has 49 heavy (non-hydrogen) atoms. The lowest BCUT2D eigenvalue weighted by Crippen LogP contribution is -2.30. The van der Waals surface area contributed by atoms with Crippen molar-refractivity contribution in [3.63, 3.8) is 0 Å². The van der Waals surface area contributed by atoms with Crippen LogP contribution in [0.5, 0.6) is 34.5 Å². The van der Waals surface area contributed by atoms with E-state index in [1.165, 1.54) is 48.5 Å². The highest BCUT2D eigenvalue weighted by atomic mass is 16.6. The normalized spacial score (nSPS) is 15.2. The Kier molecular flexibility index (Phi) is 6.61. The third-order valence-corrected chi connectivity index (χ3v) is 9.00. The molecule has 6 aromatic carbocycles. The second-order valence-electron chi connectivity index (χ2n) is 11.8. The average molecular weight is 651 g/mol. The first-order valence-corrected chi connectivity index (χ1v) is 15.3. The van der Waals surface area contributed by atoms with Crippen LogP contribution in [0.4, 0.5) is 0 Å². The number of phenols is 4. The zero-order valence-electron chi connectivity index (χ0n) is 25.5. The number of rotatable bonds is 6. The van der Waals surface area contributed by atoms with Crippen LogP contribution in [0.3, 0.4) is 0 Å². The Bertz CT molecular complexity index is 2000. The van der Waals surface area contributed by atoms with Gasteiger partial charge in [-0.1, -0.05) is 60.7 Å². The fourth-order valence-corrected chi connectivity index (χ4v) is 6.84. The average Bonchev–Trinajstić information content (AvgIpc) is 3.59. The molecule has 9 heteroatoms. The van der Waals surface area contributed by atoms with Gasteiger partial charge in [0, 0.05) is 22.3 Å². The van der Waals surface area contributed by atoms with Crippen LogP contribution in [0.15, 0.2) is 133 Å². The van der Waals surface area contributed by atoms with E-state index in [2.05, 4.69) is 0 Å². The fourth-order valence-electron chi connectivity index (χ4n) is 6.84. The Morgan fingerprint density at radius 2 is 0.694 bits per heavy atom. The first-order valence-electron chi connectivity index (χ1n) is 15.3. The number of ether oxygens (including phenoxy) is 3. The lowest BCUT2D eigenvalue weighted by atomic mass is 9.78. The molecule has 9 nitrogen and oxygen atoms in total. The Hall–Kier alpha value is -6.74. The van der Waals surface area contributed by atoms with Gasteiger partial charge < -0.3 is 34.6 Å². The monoisotopic (exact) mass is 650 g/mol. The van der Waals surface area contributed by atoms with Crippen LogP contribution in [0.2, 0.25) is 0 Å². The Balaban J connectivity index is 1.38. The van der Waals surface area contributed by atoms with E-state index in [0.717, 1.165) is 0 Å². The van der Waals surface area contributed by atoms with Crippen LogP contribution < -0.4 is 4.74 Å². The van der Waals surface area contributed by atoms with Crippen molar-refractivity contribution in [3.05, 3.63) is 178 Å². The minimum atomic E-state index is -1.56. The molecular formula is C40H26O9. The third-order valence-electron chi connectivity index (χ3n) is 9.00. The van der Waals surface area contributed by atoms with Crippen molar-refractivity contribution in [1.29, 1.82) is 0 Å². The molecule has 0 spiro atoms. The number of fused-ring (bicyclic) bond motifs is 2. The molecule has 2 aliphatic heterocycles. The molecule has 0 saturated carbocycles. The third kappa shape index (κ3) is 4.47. The summed E-state index contributed by atoms with van der Waals surface area (Å²) < 4.78 is 19.3. The van der Waals surface area contributed by atoms with Crippen LogP contribution in [-0.4, -0.2) is 32.4 Å². The zero-order valence-corrected chi connectivity index (χ0v) is 25.5. The lowest BCUT2D eigenvalue weighted by molar-refractivity contribution is 0.0244. The van der Waals surface area contributed by atoms with Crippen molar-refractivity contribution in [2.75, 3.05) is 0 Å². The highest BCUT2D eigenvalue weighted by Gasteiger charge is 2.53. The number of carbonyl (C=O) groups is 2. The van der Waals surface area contributed by atoms with Crippen molar-refractivity contribution in [2.45, 2.75) is 11.2 Å². The summed E-state index contributed by atoms with van der Waals surface area (Å²) in [6.07, 6.45) is 0. The first-order chi connectivity index (χ1) is 23.7.